The molecule has 0 atom stereocenters. The standard InChI is InChI=1S/C14H12F2N2O2S/c1-7(2)13-17-6-11(12(18-13)14(19)20)21-10-5-8(15)3-4-9(10)16/h3-7H,1-2H3,(H,19,20). The molecule has 1 N–H and O–H groups in total. The van der Waals surface area contributed by atoms with Crippen molar-refractivity contribution in [1.29, 1.82) is 0 Å². The number of hydrogen-bond donors (Lipinski definition) is 1. The molecule has 0 aliphatic heterocycles. The van der Waals surface area contributed by atoms with Crippen molar-refractivity contribution in [2.24, 2.45) is 0 Å². The molecule has 1 aromatic carbocycles. The molecule has 110 valence electrons. The van der Waals surface area contributed by atoms with Crippen LogP contribution in [0.1, 0.15) is 36.1 Å². The number of hydrogen-bond acceptors (Lipinski definition) is 4. The Hall–Kier alpha value is -2.02. The van der Waals surface area contributed by atoms with E-state index in [1.54, 1.807) is 0 Å². The Balaban J connectivity index is 2.44. The topological polar surface area (TPSA) is 63.1 Å². The van der Waals surface area contributed by atoms with Crippen molar-refractivity contribution >= 4 is 17.7 Å². The summed E-state index contributed by atoms with van der Waals surface area (Å²) in [6, 6.07) is 2.99. The molecule has 0 amide bonds. The Kier molecular flexibility index (Phi) is 4.52. The average Bonchev–Trinajstić information content (AvgIpc) is 2.42. The maximum atomic E-state index is 13.6. The van der Waals surface area contributed by atoms with E-state index in [-0.39, 0.29) is 21.4 Å². The van der Waals surface area contributed by atoms with Gasteiger partial charge in [0.1, 0.15) is 17.5 Å². The molecule has 2 aromatic rings. The lowest BCUT2D eigenvalue weighted by atomic mass is 10.2. The Morgan fingerprint density at radius 3 is 2.62 bits per heavy atom. The first-order chi connectivity index (χ1) is 9.88. The van der Waals surface area contributed by atoms with Crippen LogP contribution in [-0.4, -0.2) is 21.0 Å². The van der Waals surface area contributed by atoms with Crippen molar-refractivity contribution in [2.45, 2.75) is 29.6 Å². The van der Waals surface area contributed by atoms with E-state index >= 15 is 0 Å². The van der Waals surface area contributed by atoms with Gasteiger partial charge >= 0.3 is 5.97 Å². The highest BCUT2D eigenvalue weighted by Crippen LogP contribution is 2.32. The number of carboxylic acids is 1. The molecular weight excluding hydrogens is 298 g/mol. The number of benzene rings is 1. The lowest BCUT2D eigenvalue weighted by Gasteiger charge is -2.09. The predicted octanol–water partition coefficient (Wildman–Crippen LogP) is 3.73. The quantitative estimate of drug-likeness (QED) is 0.932. The van der Waals surface area contributed by atoms with Gasteiger partial charge < -0.3 is 5.11 Å². The molecule has 4 nitrogen and oxygen atoms in total. The van der Waals surface area contributed by atoms with Gasteiger partial charge in [0.2, 0.25) is 0 Å². The lowest BCUT2D eigenvalue weighted by molar-refractivity contribution is 0.0685. The molecule has 0 saturated carbocycles. The van der Waals surface area contributed by atoms with E-state index in [1.807, 2.05) is 13.8 Å². The first-order valence-corrected chi connectivity index (χ1v) is 6.93. The summed E-state index contributed by atoms with van der Waals surface area (Å²) < 4.78 is 26.8. The van der Waals surface area contributed by atoms with Gasteiger partial charge in [-0.25, -0.2) is 23.5 Å². The minimum Gasteiger partial charge on any atom is -0.476 e. The average molecular weight is 310 g/mol. The number of aromatic nitrogens is 2. The van der Waals surface area contributed by atoms with Crippen LogP contribution < -0.4 is 0 Å². The number of nitrogens with zero attached hydrogens (tertiary/aromatic N) is 2. The first-order valence-electron chi connectivity index (χ1n) is 6.11. The largest absolute Gasteiger partial charge is 0.476 e. The third-order valence-corrected chi connectivity index (χ3v) is 3.66. The summed E-state index contributed by atoms with van der Waals surface area (Å²) in [5, 5.41) is 9.20. The normalized spacial score (nSPS) is 10.9. The zero-order chi connectivity index (χ0) is 15.6. The monoisotopic (exact) mass is 310 g/mol. The molecule has 1 aromatic heterocycles. The fourth-order valence-electron chi connectivity index (χ4n) is 1.56. The van der Waals surface area contributed by atoms with E-state index < -0.39 is 17.6 Å². The molecule has 21 heavy (non-hydrogen) atoms. The maximum absolute atomic E-state index is 13.6. The molecule has 0 aliphatic carbocycles. The number of carboxylic acid groups (broad SMARTS) is 1. The van der Waals surface area contributed by atoms with Gasteiger partial charge in [-0.05, 0) is 18.2 Å². The SMILES string of the molecule is CC(C)c1ncc(Sc2cc(F)ccc2F)c(C(=O)O)n1. The molecule has 0 aliphatic rings. The summed E-state index contributed by atoms with van der Waals surface area (Å²) in [6.07, 6.45) is 1.32. The van der Waals surface area contributed by atoms with Crippen LogP contribution in [0.25, 0.3) is 0 Å². The van der Waals surface area contributed by atoms with Gasteiger partial charge in [0.05, 0.1) is 9.79 Å². The molecule has 0 spiro atoms. The van der Waals surface area contributed by atoms with E-state index in [4.69, 9.17) is 0 Å². The molecule has 0 unspecified atom stereocenters. The second-order valence-electron chi connectivity index (χ2n) is 4.58. The molecule has 7 heteroatoms. The fourth-order valence-corrected chi connectivity index (χ4v) is 2.47. The van der Waals surface area contributed by atoms with Crippen LogP contribution in [0, 0.1) is 11.6 Å². The maximum Gasteiger partial charge on any atom is 0.355 e. The van der Waals surface area contributed by atoms with Gasteiger partial charge in [0.15, 0.2) is 5.69 Å². The van der Waals surface area contributed by atoms with Crippen molar-refractivity contribution in [3.05, 3.63) is 47.5 Å². The fraction of sp³-hybridized carbons (Fsp3) is 0.214. The third-order valence-electron chi connectivity index (χ3n) is 2.61. The van der Waals surface area contributed by atoms with Gasteiger partial charge in [0.25, 0.3) is 0 Å². The second kappa shape index (κ2) is 6.17. The molecular formula is C14H12F2N2O2S. The van der Waals surface area contributed by atoms with Crippen molar-refractivity contribution in [3.8, 4) is 0 Å². The zero-order valence-corrected chi connectivity index (χ0v) is 12.1. The highest BCUT2D eigenvalue weighted by Gasteiger charge is 2.18. The minimum atomic E-state index is -1.24. The van der Waals surface area contributed by atoms with E-state index in [1.165, 1.54) is 6.20 Å². The van der Waals surface area contributed by atoms with Crippen molar-refractivity contribution < 1.29 is 18.7 Å². The van der Waals surface area contributed by atoms with E-state index in [0.29, 0.717) is 5.82 Å². The number of rotatable bonds is 4. The minimum absolute atomic E-state index is 0.0154. The highest BCUT2D eigenvalue weighted by molar-refractivity contribution is 7.99. The zero-order valence-electron chi connectivity index (χ0n) is 11.3. The summed E-state index contributed by atoms with van der Waals surface area (Å²) in [7, 11) is 0. The van der Waals surface area contributed by atoms with Crippen LogP contribution in [0.15, 0.2) is 34.2 Å². The van der Waals surface area contributed by atoms with E-state index in [9.17, 15) is 18.7 Å². The van der Waals surface area contributed by atoms with Crippen LogP contribution >= 0.6 is 11.8 Å². The van der Waals surface area contributed by atoms with Gasteiger partial charge in [-0.15, -0.1) is 0 Å². The summed E-state index contributed by atoms with van der Waals surface area (Å²) in [5.74, 6) is -2.12. The smallest absolute Gasteiger partial charge is 0.355 e. The van der Waals surface area contributed by atoms with Crippen molar-refractivity contribution in [3.63, 3.8) is 0 Å². The van der Waals surface area contributed by atoms with Crippen LogP contribution in [0.2, 0.25) is 0 Å². The van der Waals surface area contributed by atoms with Crippen LogP contribution in [0.3, 0.4) is 0 Å². The molecule has 0 bridgehead atoms. The third kappa shape index (κ3) is 3.55. The molecule has 0 saturated heterocycles. The van der Waals surface area contributed by atoms with Gasteiger partial charge in [-0.3, -0.25) is 0 Å². The summed E-state index contributed by atoms with van der Waals surface area (Å²) in [5.41, 5.74) is -0.220. The summed E-state index contributed by atoms with van der Waals surface area (Å²) >= 11 is 0.783. The highest BCUT2D eigenvalue weighted by atomic mass is 32.2. The Morgan fingerprint density at radius 1 is 1.29 bits per heavy atom. The van der Waals surface area contributed by atoms with Crippen LogP contribution in [-0.2, 0) is 0 Å². The van der Waals surface area contributed by atoms with Gasteiger partial charge in [-0.1, -0.05) is 25.6 Å². The van der Waals surface area contributed by atoms with E-state index in [2.05, 4.69) is 9.97 Å². The Labute approximate surface area is 124 Å². The Morgan fingerprint density at radius 2 is 2.00 bits per heavy atom. The molecule has 0 fully saturated rings. The molecule has 1 heterocycles. The molecule has 2 rings (SSSR count). The number of halogens is 2. The molecule has 0 radical (unpaired) electrons. The lowest BCUT2D eigenvalue weighted by Crippen LogP contribution is -2.08. The van der Waals surface area contributed by atoms with E-state index in [0.717, 1.165) is 30.0 Å². The van der Waals surface area contributed by atoms with Crippen LogP contribution in [0.4, 0.5) is 8.78 Å². The second-order valence-corrected chi connectivity index (χ2v) is 5.66. The summed E-state index contributed by atoms with van der Waals surface area (Å²) in [6.45, 7) is 3.67. The van der Waals surface area contributed by atoms with Gasteiger partial charge in [0, 0.05) is 12.1 Å². The number of carbonyl (C=O) groups is 1. The Bertz CT molecular complexity index is 693. The van der Waals surface area contributed by atoms with Crippen LogP contribution in [0.5, 0.6) is 0 Å². The first kappa shape index (κ1) is 15.4. The van der Waals surface area contributed by atoms with Crippen molar-refractivity contribution in [2.75, 3.05) is 0 Å². The van der Waals surface area contributed by atoms with Gasteiger partial charge in [-0.2, -0.15) is 0 Å². The number of aromatic carboxylic acids is 1. The van der Waals surface area contributed by atoms with Crippen molar-refractivity contribution in [1.82, 2.24) is 9.97 Å². The predicted molar refractivity (Wildman–Crippen MR) is 73.6 cm³/mol. The summed E-state index contributed by atoms with van der Waals surface area (Å²) in [4.78, 5) is 19.4.